The number of amides is 1. The van der Waals surface area contributed by atoms with Crippen LogP contribution in [0.4, 0.5) is 0 Å². The maximum absolute atomic E-state index is 12.8. The summed E-state index contributed by atoms with van der Waals surface area (Å²) in [5.74, 6) is -0.200. The van der Waals surface area contributed by atoms with E-state index in [2.05, 4.69) is 46.0 Å². The van der Waals surface area contributed by atoms with E-state index in [-0.39, 0.29) is 5.91 Å². The molecule has 0 N–H and O–H groups in total. The molecular formula is C21H20ClIN2OS. The summed E-state index contributed by atoms with van der Waals surface area (Å²) >= 11 is 9.84. The molecule has 1 amide bonds. The number of thiazole rings is 1. The van der Waals surface area contributed by atoms with Crippen LogP contribution >= 0.6 is 45.5 Å². The molecule has 3 nitrogen and oxygen atoms in total. The lowest BCUT2D eigenvalue weighted by Crippen LogP contribution is -2.17. The summed E-state index contributed by atoms with van der Waals surface area (Å²) in [6, 6.07) is 15.4. The number of nitrogens with zero attached hydrogens (tertiary/aromatic N) is 2. The van der Waals surface area contributed by atoms with Crippen LogP contribution in [-0.4, -0.2) is 10.5 Å². The SMILES string of the molecule is CCCc1sc(=NC(=O)c2ccccc2I)n(CC)c1-c1ccc(Cl)cc1. The van der Waals surface area contributed by atoms with Gasteiger partial charge in [0.2, 0.25) is 0 Å². The second-order valence-corrected chi connectivity index (χ2v) is 8.72. The Kier molecular flexibility index (Phi) is 6.89. The van der Waals surface area contributed by atoms with E-state index in [0.29, 0.717) is 10.6 Å². The van der Waals surface area contributed by atoms with Crippen LogP contribution < -0.4 is 4.80 Å². The standard InChI is InChI=1S/C21H20ClIN2OS/c1-3-7-18-19(14-10-12-15(22)13-11-14)25(4-2)21(27-18)24-20(26)16-8-5-6-9-17(16)23/h5-6,8-13H,3-4,7H2,1-2H3. The van der Waals surface area contributed by atoms with Crippen molar-refractivity contribution in [3.05, 3.63) is 72.4 Å². The van der Waals surface area contributed by atoms with Crippen LogP contribution in [0.15, 0.2) is 53.5 Å². The molecule has 1 heterocycles. The fourth-order valence-electron chi connectivity index (χ4n) is 2.94. The Morgan fingerprint density at radius 3 is 2.48 bits per heavy atom. The summed E-state index contributed by atoms with van der Waals surface area (Å²) < 4.78 is 3.04. The number of carbonyl (C=O) groups is 1. The Morgan fingerprint density at radius 2 is 1.85 bits per heavy atom. The zero-order valence-electron chi connectivity index (χ0n) is 15.2. The first-order valence-corrected chi connectivity index (χ1v) is 11.1. The largest absolute Gasteiger partial charge is 0.316 e. The number of hydrogen-bond acceptors (Lipinski definition) is 2. The van der Waals surface area contributed by atoms with Crippen molar-refractivity contribution in [1.29, 1.82) is 0 Å². The van der Waals surface area contributed by atoms with Crippen molar-refractivity contribution in [3.8, 4) is 11.3 Å². The van der Waals surface area contributed by atoms with Crippen LogP contribution in [0.2, 0.25) is 5.02 Å². The van der Waals surface area contributed by atoms with Gasteiger partial charge in [0.05, 0.1) is 11.3 Å². The molecule has 140 valence electrons. The predicted octanol–water partition coefficient (Wildman–Crippen LogP) is 6.19. The molecule has 0 fully saturated rings. The fourth-order valence-corrected chi connectivity index (χ4v) is 4.99. The van der Waals surface area contributed by atoms with Gasteiger partial charge in [-0.25, -0.2) is 0 Å². The highest BCUT2D eigenvalue weighted by molar-refractivity contribution is 14.1. The Morgan fingerprint density at radius 1 is 1.15 bits per heavy atom. The molecule has 0 unspecified atom stereocenters. The monoisotopic (exact) mass is 510 g/mol. The van der Waals surface area contributed by atoms with Gasteiger partial charge < -0.3 is 4.57 Å². The minimum Gasteiger partial charge on any atom is -0.316 e. The van der Waals surface area contributed by atoms with Gasteiger partial charge in [0.1, 0.15) is 0 Å². The zero-order chi connectivity index (χ0) is 19.4. The van der Waals surface area contributed by atoms with Gasteiger partial charge in [-0.2, -0.15) is 4.99 Å². The lowest BCUT2D eigenvalue weighted by molar-refractivity contribution is 0.0997. The average molecular weight is 511 g/mol. The fraction of sp³-hybridized carbons (Fsp3) is 0.238. The van der Waals surface area contributed by atoms with Crippen molar-refractivity contribution in [2.75, 3.05) is 0 Å². The summed E-state index contributed by atoms with van der Waals surface area (Å²) in [7, 11) is 0. The van der Waals surface area contributed by atoms with E-state index in [9.17, 15) is 4.79 Å². The number of benzene rings is 2. The van der Waals surface area contributed by atoms with Crippen LogP contribution in [0.1, 0.15) is 35.5 Å². The third-order valence-corrected chi connectivity index (χ3v) is 6.52. The molecule has 0 aliphatic rings. The molecule has 3 aromatic rings. The molecule has 3 rings (SSSR count). The predicted molar refractivity (Wildman–Crippen MR) is 121 cm³/mol. The smallest absolute Gasteiger partial charge is 0.280 e. The second kappa shape index (κ2) is 9.17. The van der Waals surface area contributed by atoms with Crippen molar-refractivity contribution in [2.24, 2.45) is 4.99 Å². The molecule has 0 saturated heterocycles. The first-order valence-electron chi connectivity index (χ1n) is 8.87. The molecule has 0 aliphatic heterocycles. The number of carbonyl (C=O) groups excluding carboxylic acids is 1. The average Bonchev–Trinajstić information content (AvgIpc) is 3.00. The Labute approximate surface area is 181 Å². The summed E-state index contributed by atoms with van der Waals surface area (Å²) in [4.78, 5) is 19.2. The molecule has 0 atom stereocenters. The minimum atomic E-state index is -0.200. The van der Waals surface area contributed by atoms with E-state index < -0.39 is 0 Å². The highest BCUT2D eigenvalue weighted by Gasteiger charge is 2.16. The van der Waals surface area contributed by atoms with Crippen molar-refractivity contribution in [3.63, 3.8) is 0 Å². The summed E-state index contributed by atoms with van der Waals surface area (Å²) in [5.41, 5.74) is 2.87. The molecule has 0 spiro atoms. The molecule has 0 bridgehead atoms. The lowest BCUT2D eigenvalue weighted by Gasteiger charge is -2.09. The van der Waals surface area contributed by atoms with Crippen molar-refractivity contribution in [1.82, 2.24) is 4.57 Å². The van der Waals surface area contributed by atoms with Gasteiger partial charge in [-0.3, -0.25) is 4.79 Å². The van der Waals surface area contributed by atoms with Crippen molar-refractivity contribution < 1.29 is 4.79 Å². The quantitative estimate of drug-likeness (QED) is 0.377. The van der Waals surface area contributed by atoms with E-state index in [1.54, 1.807) is 11.3 Å². The summed E-state index contributed by atoms with van der Waals surface area (Å²) in [5, 5.41) is 0.716. The summed E-state index contributed by atoms with van der Waals surface area (Å²) in [6.45, 7) is 4.99. The lowest BCUT2D eigenvalue weighted by atomic mass is 10.1. The van der Waals surface area contributed by atoms with Crippen molar-refractivity contribution in [2.45, 2.75) is 33.2 Å². The molecule has 27 heavy (non-hydrogen) atoms. The second-order valence-electron chi connectivity index (χ2n) is 6.05. The van der Waals surface area contributed by atoms with Crippen LogP contribution in [0.5, 0.6) is 0 Å². The van der Waals surface area contributed by atoms with E-state index >= 15 is 0 Å². The van der Waals surface area contributed by atoms with Gasteiger partial charge in [-0.15, -0.1) is 11.3 Å². The van der Waals surface area contributed by atoms with Gasteiger partial charge in [-0.05, 0) is 65.8 Å². The van der Waals surface area contributed by atoms with Crippen LogP contribution in [0, 0.1) is 3.57 Å². The summed E-state index contributed by atoms with van der Waals surface area (Å²) in [6.07, 6.45) is 1.99. The van der Waals surface area contributed by atoms with Crippen LogP contribution in [0.25, 0.3) is 11.3 Å². The molecule has 0 aliphatic carbocycles. The van der Waals surface area contributed by atoms with Gasteiger partial charge in [0.15, 0.2) is 4.80 Å². The Bertz CT molecular complexity index is 1020. The van der Waals surface area contributed by atoms with Gasteiger partial charge >= 0.3 is 0 Å². The van der Waals surface area contributed by atoms with E-state index in [4.69, 9.17) is 11.6 Å². The minimum absolute atomic E-state index is 0.200. The van der Waals surface area contributed by atoms with Crippen LogP contribution in [0.3, 0.4) is 0 Å². The van der Waals surface area contributed by atoms with Crippen molar-refractivity contribution >= 4 is 51.4 Å². The van der Waals surface area contributed by atoms with Gasteiger partial charge in [0.25, 0.3) is 5.91 Å². The molecule has 2 aromatic carbocycles. The maximum Gasteiger partial charge on any atom is 0.280 e. The topological polar surface area (TPSA) is 34.4 Å². The number of rotatable bonds is 5. The number of hydrogen-bond donors (Lipinski definition) is 0. The van der Waals surface area contributed by atoms with E-state index in [1.807, 2.05) is 48.5 Å². The number of halogens is 2. The molecule has 0 radical (unpaired) electrons. The molecule has 6 heteroatoms. The zero-order valence-corrected chi connectivity index (χ0v) is 18.9. The molecule has 0 saturated carbocycles. The normalized spacial score (nSPS) is 11.8. The highest BCUT2D eigenvalue weighted by atomic mass is 127. The van der Waals surface area contributed by atoms with Gasteiger partial charge in [-0.1, -0.05) is 49.2 Å². The number of aryl methyl sites for hydroxylation is 1. The van der Waals surface area contributed by atoms with Crippen LogP contribution in [-0.2, 0) is 13.0 Å². The first kappa shape index (κ1) is 20.3. The molecule has 1 aromatic heterocycles. The third-order valence-electron chi connectivity index (χ3n) is 4.19. The Hall–Kier alpha value is -1.44. The number of aromatic nitrogens is 1. The maximum atomic E-state index is 12.8. The van der Waals surface area contributed by atoms with Gasteiger partial charge in [0, 0.05) is 20.0 Å². The Balaban J connectivity index is 2.16. The highest BCUT2D eigenvalue weighted by Crippen LogP contribution is 2.28. The first-order chi connectivity index (χ1) is 13.0. The third kappa shape index (κ3) is 4.52. The van der Waals surface area contributed by atoms with E-state index in [0.717, 1.165) is 39.0 Å². The van der Waals surface area contributed by atoms with E-state index in [1.165, 1.54) is 4.88 Å². The molecular weight excluding hydrogens is 491 g/mol.